The zero-order valence-corrected chi connectivity index (χ0v) is 9.01. The number of sulfone groups is 1. The van der Waals surface area contributed by atoms with Crippen LogP contribution >= 0.6 is 0 Å². The molecule has 15 heavy (non-hydrogen) atoms. The SMILES string of the molecule is N#CCNC(=O)CS(=O)(=O)CC1CNC1. The second-order valence-corrected chi connectivity index (χ2v) is 5.62. The number of hydrogen-bond acceptors (Lipinski definition) is 5. The topological polar surface area (TPSA) is 99.1 Å². The normalized spacial score (nSPS) is 16.5. The standard InChI is InChI=1S/C8H13N3O3S/c9-1-2-11-8(12)6-15(13,14)5-7-3-10-4-7/h7,10H,2-6H2,(H,11,12). The lowest BCUT2D eigenvalue weighted by molar-refractivity contribution is -0.118. The summed E-state index contributed by atoms with van der Waals surface area (Å²) in [5.41, 5.74) is 0. The zero-order valence-electron chi connectivity index (χ0n) is 8.19. The predicted molar refractivity (Wildman–Crippen MR) is 53.6 cm³/mol. The molecule has 1 aliphatic heterocycles. The number of carbonyl (C=O) groups is 1. The molecule has 0 spiro atoms. The van der Waals surface area contributed by atoms with Gasteiger partial charge in [0.15, 0.2) is 9.84 Å². The fourth-order valence-corrected chi connectivity index (χ4v) is 2.85. The van der Waals surface area contributed by atoms with Gasteiger partial charge in [0.05, 0.1) is 11.8 Å². The molecule has 7 heteroatoms. The van der Waals surface area contributed by atoms with Gasteiger partial charge in [-0.05, 0) is 5.92 Å². The van der Waals surface area contributed by atoms with Gasteiger partial charge in [-0.15, -0.1) is 0 Å². The summed E-state index contributed by atoms with van der Waals surface area (Å²) >= 11 is 0. The molecule has 0 radical (unpaired) electrons. The highest BCUT2D eigenvalue weighted by molar-refractivity contribution is 7.92. The van der Waals surface area contributed by atoms with Crippen molar-refractivity contribution in [3.8, 4) is 6.07 Å². The first-order valence-electron chi connectivity index (χ1n) is 4.58. The minimum absolute atomic E-state index is 0.0416. The Kier molecular flexibility index (Phi) is 4.05. The Labute approximate surface area is 88.6 Å². The van der Waals surface area contributed by atoms with E-state index in [1.54, 1.807) is 6.07 Å². The molecule has 2 N–H and O–H groups in total. The molecule has 0 aromatic heterocycles. The summed E-state index contributed by atoms with van der Waals surface area (Å²) in [6.07, 6.45) is 0. The maximum absolute atomic E-state index is 11.4. The van der Waals surface area contributed by atoms with E-state index in [-0.39, 0.29) is 18.2 Å². The molecule has 0 aliphatic carbocycles. The molecule has 0 aromatic rings. The average Bonchev–Trinajstić information content (AvgIpc) is 2.08. The Bertz CT molecular complexity index is 367. The Hall–Kier alpha value is -1.13. The number of rotatable bonds is 5. The first-order chi connectivity index (χ1) is 7.03. The summed E-state index contributed by atoms with van der Waals surface area (Å²) in [6, 6.07) is 1.71. The molecule has 1 rings (SSSR count). The van der Waals surface area contributed by atoms with Gasteiger partial charge in [-0.25, -0.2) is 8.42 Å². The van der Waals surface area contributed by atoms with Crippen LogP contribution in [0.25, 0.3) is 0 Å². The Balaban J connectivity index is 2.34. The van der Waals surface area contributed by atoms with Gasteiger partial charge in [0.25, 0.3) is 0 Å². The van der Waals surface area contributed by atoms with Crippen molar-refractivity contribution >= 4 is 15.7 Å². The molecule has 0 saturated carbocycles. The van der Waals surface area contributed by atoms with Gasteiger partial charge >= 0.3 is 0 Å². The van der Waals surface area contributed by atoms with E-state index in [1.807, 2.05) is 0 Å². The van der Waals surface area contributed by atoms with E-state index in [0.717, 1.165) is 0 Å². The van der Waals surface area contributed by atoms with Crippen LogP contribution in [0.3, 0.4) is 0 Å². The molecular formula is C8H13N3O3S. The van der Waals surface area contributed by atoms with E-state index < -0.39 is 21.5 Å². The average molecular weight is 231 g/mol. The minimum Gasteiger partial charge on any atom is -0.342 e. The van der Waals surface area contributed by atoms with Gasteiger partial charge < -0.3 is 10.6 Å². The van der Waals surface area contributed by atoms with Gasteiger partial charge in [-0.3, -0.25) is 4.79 Å². The number of carbonyl (C=O) groups excluding carboxylic acids is 1. The summed E-state index contributed by atoms with van der Waals surface area (Å²) < 4.78 is 22.9. The van der Waals surface area contributed by atoms with Crippen LogP contribution in [0.2, 0.25) is 0 Å². The van der Waals surface area contributed by atoms with Gasteiger partial charge in [-0.2, -0.15) is 5.26 Å². The third-order valence-electron chi connectivity index (χ3n) is 2.07. The van der Waals surface area contributed by atoms with E-state index in [9.17, 15) is 13.2 Å². The molecule has 1 fully saturated rings. The van der Waals surface area contributed by atoms with Gasteiger partial charge in [0, 0.05) is 13.1 Å². The first-order valence-corrected chi connectivity index (χ1v) is 6.40. The smallest absolute Gasteiger partial charge is 0.236 e. The lowest BCUT2D eigenvalue weighted by Crippen LogP contribution is -2.46. The molecule has 84 valence electrons. The molecule has 0 aromatic carbocycles. The molecule has 1 amide bonds. The maximum atomic E-state index is 11.4. The van der Waals surface area contributed by atoms with Crippen LogP contribution in [0.15, 0.2) is 0 Å². The van der Waals surface area contributed by atoms with E-state index in [0.29, 0.717) is 13.1 Å². The van der Waals surface area contributed by atoms with Crippen LogP contribution in [0, 0.1) is 17.2 Å². The lowest BCUT2D eigenvalue weighted by atomic mass is 10.1. The lowest BCUT2D eigenvalue weighted by Gasteiger charge is -2.26. The number of nitrogens with one attached hydrogen (secondary N) is 2. The van der Waals surface area contributed by atoms with Crippen molar-refractivity contribution in [2.45, 2.75) is 0 Å². The molecular weight excluding hydrogens is 218 g/mol. The van der Waals surface area contributed by atoms with E-state index in [2.05, 4.69) is 10.6 Å². The number of hydrogen-bond donors (Lipinski definition) is 2. The molecule has 0 bridgehead atoms. The summed E-state index contributed by atoms with van der Waals surface area (Å²) in [7, 11) is -3.33. The number of amides is 1. The fourth-order valence-electron chi connectivity index (χ4n) is 1.27. The molecule has 0 unspecified atom stereocenters. The molecule has 6 nitrogen and oxygen atoms in total. The predicted octanol–water partition coefficient (Wildman–Crippen LogP) is -1.74. The summed E-state index contributed by atoms with van der Waals surface area (Å²) in [5.74, 6) is -0.965. The third-order valence-corrected chi connectivity index (χ3v) is 3.75. The quantitative estimate of drug-likeness (QED) is 0.547. The van der Waals surface area contributed by atoms with Crippen LogP contribution in [-0.2, 0) is 14.6 Å². The van der Waals surface area contributed by atoms with Crippen molar-refractivity contribution in [1.82, 2.24) is 10.6 Å². The third kappa shape index (κ3) is 4.27. The monoisotopic (exact) mass is 231 g/mol. The van der Waals surface area contributed by atoms with E-state index in [1.165, 1.54) is 0 Å². The second kappa shape index (κ2) is 5.09. The highest BCUT2D eigenvalue weighted by Crippen LogP contribution is 2.07. The van der Waals surface area contributed by atoms with Crippen molar-refractivity contribution in [3.05, 3.63) is 0 Å². The van der Waals surface area contributed by atoms with E-state index >= 15 is 0 Å². The van der Waals surface area contributed by atoms with Crippen molar-refractivity contribution in [3.63, 3.8) is 0 Å². The molecule has 1 heterocycles. The maximum Gasteiger partial charge on any atom is 0.236 e. The van der Waals surface area contributed by atoms with Crippen LogP contribution in [0.1, 0.15) is 0 Å². The van der Waals surface area contributed by atoms with Crippen LogP contribution in [0.5, 0.6) is 0 Å². The number of nitrogens with zero attached hydrogens (tertiary/aromatic N) is 1. The molecule has 1 aliphatic rings. The van der Waals surface area contributed by atoms with Crippen LogP contribution in [-0.4, -0.2) is 45.5 Å². The Morgan fingerprint density at radius 1 is 1.53 bits per heavy atom. The minimum atomic E-state index is -3.33. The summed E-state index contributed by atoms with van der Waals surface area (Å²) in [4.78, 5) is 11.0. The van der Waals surface area contributed by atoms with Crippen LogP contribution in [0.4, 0.5) is 0 Å². The van der Waals surface area contributed by atoms with Gasteiger partial charge in [0.2, 0.25) is 5.91 Å². The fraction of sp³-hybridized carbons (Fsp3) is 0.750. The number of nitriles is 1. The van der Waals surface area contributed by atoms with Gasteiger partial charge in [0.1, 0.15) is 12.3 Å². The van der Waals surface area contributed by atoms with Crippen molar-refractivity contribution in [1.29, 1.82) is 5.26 Å². The van der Waals surface area contributed by atoms with Crippen molar-refractivity contribution in [2.24, 2.45) is 5.92 Å². The highest BCUT2D eigenvalue weighted by atomic mass is 32.2. The first kappa shape index (κ1) is 11.9. The van der Waals surface area contributed by atoms with Crippen LogP contribution < -0.4 is 10.6 Å². The highest BCUT2D eigenvalue weighted by Gasteiger charge is 2.25. The largest absolute Gasteiger partial charge is 0.342 e. The summed E-state index contributed by atoms with van der Waals surface area (Å²) in [6.45, 7) is 1.23. The Morgan fingerprint density at radius 3 is 2.67 bits per heavy atom. The molecule has 1 saturated heterocycles. The van der Waals surface area contributed by atoms with Gasteiger partial charge in [-0.1, -0.05) is 0 Å². The van der Waals surface area contributed by atoms with E-state index in [4.69, 9.17) is 5.26 Å². The van der Waals surface area contributed by atoms with Crippen molar-refractivity contribution in [2.75, 3.05) is 31.1 Å². The van der Waals surface area contributed by atoms with Crippen molar-refractivity contribution < 1.29 is 13.2 Å². The summed E-state index contributed by atoms with van der Waals surface area (Å²) in [5, 5.41) is 13.3. The Morgan fingerprint density at radius 2 is 2.20 bits per heavy atom. The molecule has 0 atom stereocenters. The second-order valence-electron chi connectivity index (χ2n) is 3.51. The zero-order chi connectivity index (χ0) is 11.3.